The van der Waals surface area contributed by atoms with Crippen LogP contribution in [-0.2, 0) is 6.42 Å². The molecule has 0 aliphatic carbocycles. The van der Waals surface area contributed by atoms with E-state index in [0.717, 1.165) is 6.42 Å². The molecular weight excluding hydrogens is 521 g/mol. The van der Waals surface area contributed by atoms with Gasteiger partial charge in [0.2, 0.25) is 0 Å². The van der Waals surface area contributed by atoms with Crippen molar-refractivity contribution in [3.05, 3.63) is 144 Å². The monoisotopic (exact) mass is 546 g/mol. The molecule has 0 unspecified atom stereocenters. The van der Waals surface area contributed by atoms with Gasteiger partial charge < -0.3 is 0 Å². The first-order valence-corrected chi connectivity index (χ1v) is 15.3. The molecule has 0 bridgehead atoms. The minimum Gasteiger partial charge on any atom is -0.135 e. The normalized spacial score (nSPS) is 11.7. The van der Waals surface area contributed by atoms with Crippen LogP contribution in [0.4, 0.5) is 0 Å². The summed E-state index contributed by atoms with van der Waals surface area (Å²) in [7, 11) is 0. The summed E-state index contributed by atoms with van der Waals surface area (Å²) in [5.41, 5.74) is 9.11. The van der Waals surface area contributed by atoms with Gasteiger partial charge in [0.05, 0.1) is 0 Å². The molecule has 8 aromatic rings. The van der Waals surface area contributed by atoms with Crippen LogP contribution >= 0.6 is 22.7 Å². The molecule has 2 aromatic heterocycles. The number of hydrogen-bond donors (Lipinski definition) is 0. The Morgan fingerprint density at radius 3 is 1.73 bits per heavy atom. The van der Waals surface area contributed by atoms with E-state index >= 15 is 0 Å². The van der Waals surface area contributed by atoms with Crippen molar-refractivity contribution in [1.82, 2.24) is 0 Å². The molecule has 0 spiro atoms. The molecule has 2 heteroatoms. The third-order valence-electron chi connectivity index (χ3n) is 7.97. The maximum absolute atomic E-state index is 2.39. The van der Waals surface area contributed by atoms with Crippen molar-refractivity contribution in [1.29, 1.82) is 0 Å². The topological polar surface area (TPSA) is 0 Å². The predicted octanol–water partition coefficient (Wildman–Crippen LogP) is 11.7. The summed E-state index contributed by atoms with van der Waals surface area (Å²) in [5.74, 6) is 0. The molecule has 2 heterocycles. The van der Waals surface area contributed by atoms with Crippen LogP contribution in [0.25, 0.3) is 62.6 Å². The molecule has 0 saturated heterocycles. The molecule has 0 radical (unpaired) electrons. The van der Waals surface area contributed by atoms with Crippen LogP contribution in [-0.4, -0.2) is 0 Å². The average molecular weight is 547 g/mol. The number of thiophene rings is 2. The Kier molecular flexibility index (Phi) is 5.58. The fraction of sp³-hybridized carbons (Fsp3) is 0.0526. The highest BCUT2D eigenvalue weighted by Gasteiger charge is 2.10. The van der Waals surface area contributed by atoms with Crippen LogP contribution in [0.15, 0.2) is 127 Å². The van der Waals surface area contributed by atoms with E-state index in [1.807, 2.05) is 22.7 Å². The van der Waals surface area contributed by atoms with Crippen molar-refractivity contribution in [2.24, 2.45) is 0 Å². The number of hydrogen-bond acceptors (Lipinski definition) is 2. The molecule has 40 heavy (non-hydrogen) atoms. The van der Waals surface area contributed by atoms with Crippen molar-refractivity contribution >= 4 is 63.0 Å². The van der Waals surface area contributed by atoms with E-state index < -0.39 is 0 Å². The lowest BCUT2D eigenvalue weighted by Crippen LogP contribution is -1.89. The summed E-state index contributed by atoms with van der Waals surface area (Å²) in [4.78, 5) is 0. The minimum atomic E-state index is 0.928. The van der Waals surface area contributed by atoms with Crippen LogP contribution in [0, 0.1) is 6.92 Å². The molecule has 0 fully saturated rings. The summed E-state index contributed by atoms with van der Waals surface area (Å²) in [6.45, 7) is 2.14. The Hall–Kier alpha value is -4.24. The van der Waals surface area contributed by atoms with Gasteiger partial charge in [-0.3, -0.25) is 0 Å². The van der Waals surface area contributed by atoms with E-state index in [2.05, 4.69) is 134 Å². The third kappa shape index (κ3) is 4.12. The van der Waals surface area contributed by atoms with Gasteiger partial charge in [0.25, 0.3) is 0 Å². The summed E-state index contributed by atoms with van der Waals surface area (Å²) >= 11 is 3.78. The highest BCUT2D eigenvalue weighted by Crippen LogP contribution is 2.38. The van der Waals surface area contributed by atoms with E-state index in [1.165, 1.54) is 79.3 Å². The fourth-order valence-electron chi connectivity index (χ4n) is 5.86. The van der Waals surface area contributed by atoms with Gasteiger partial charge in [-0.15, -0.1) is 22.7 Å². The highest BCUT2D eigenvalue weighted by molar-refractivity contribution is 7.26. The maximum atomic E-state index is 2.39. The fourth-order valence-corrected chi connectivity index (χ4v) is 8.21. The summed E-state index contributed by atoms with van der Waals surface area (Å²) in [5, 5.41) is 5.40. The minimum absolute atomic E-state index is 0.928. The van der Waals surface area contributed by atoms with Gasteiger partial charge in [-0.1, -0.05) is 109 Å². The lowest BCUT2D eigenvalue weighted by atomic mass is 9.98. The molecule has 6 aromatic carbocycles. The number of aryl methyl sites for hydroxylation is 1. The first-order chi connectivity index (χ1) is 19.7. The van der Waals surface area contributed by atoms with Gasteiger partial charge in [0, 0.05) is 40.3 Å². The van der Waals surface area contributed by atoms with Crippen LogP contribution in [0.3, 0.4) is 0 Å². The van der Waals surface area contributed by atoms with Gasteiger partial charge in [-0.05, 0) is 71.0 Å². The van der Waals surface area contributed by atoms with Crippen LogP contribution in [0.5, 0.6) is 0 Å². The molecule has 0 N–H and O–H groups in total. The SMILES string of the molecule is Cc1ccc(-c2ccc3c(c2)sc2cc(Cc4cccc(-c5ccc6c(c5)sc5ccccc56)c4)ccc23)cc1. The van der Waals surface area contributed by atoms with E-state index in [1.54, 1.807) is 0 Å². The Morgan fingerprint density at radius 1 is 0.400 bits per heavy atom. The van der Waals surface area contributed by atoms with Gasteiger partial charge in [0.15, 0.2) is 0 Å². The standard InChI is InChI=1S/C38H26S2/c1-24-9-12-27(13-10-24)29-14-17-34-32-16-11-26(21-36(32)40-38(34)22-29)19-25-5-4-6-28(20-25)30-15-18-33-31-7-2-3-8-35(31)39-37(33)23-30/h2-18,20-23H,19H2,1H3. The van der Waals surface area contributed by atoms with Crippen molar-refractivity contribution < 1.29 is 0 Å². The Morgan fingerprint density at radius 2 is 0.950 bits per heavy atom. The summed E-state index contributed by atoms with van der Waals surface area (Å²) in [6, 6.07) is 47.4. The van der Waals surface area contributed by atoms with E-state index in [9.17, 15) is 0 Å². The van der Waals surface area contributed by atoms with Gasteiger partial charge >= 0.3 is 0 Å². The van der Waals surface area contributed by atoms with E-state index in [4.69, 9.17) is 0 Å². The zero-order chi connectivity index (χ0) is 26.6. The number of fused-ring (bicyclic) bond motifs is 6. The zero-order valence-electron chi connectivity index (χ0n) is 22.1. The maximum Gasteiger partial charge on any atom is 0.0361 e. The Bertz CT molecular complexity index is 2190. The lowest BCUT2D eigenvalue weighted by molar-refractivity contribution is 1.20. The molecular formula is C38H26S2. The molecule has 0 saturated carbocycles. The van der Waals surface area contributed by atoms with Gasteiger partial charge in [-0.2, -0.15) is 0 Å². The number of rotatable bonds is 4. The zero-order valence-corrected chi connectivity index (χ0v) is 23.8. The Balaban J connectivity index is 1.10. The molecule has 0 nitrogen and oxygen atoms in total. The lowest BCUT2D eigenvalue weighted by Gasteiger charge is -2.07. The van der Waals surface area contributed by atoms with Crippen LogP contribution in [0.1, 0.15) is 16.7 Å². The van der Waals surface area contributed by atoms with Gasteiger partial charge in [-0.25, -0.2) is 0 Å². The van der Waals surface area contributed by atoms with E-state index in [0.29, 0.717) is 0 Å². The van der Waals surface area contributed by atoms with Crippen molar-refractivity contribution in [3.63, 3.8) is 0 Å². The quantitative estimate of drug-likeness (QED) is 0.206. The molecule has 190 valence electrons. The van der Waals surface area contributed by atoms with Crippen LogP contribution in [0.2, 0.25) is 0 Å². The van der Waals surface area contributed by atoms with Crippen molar-refractivity contribution in [3.8, 4) is 22.3 Å². The average Bonchev–Trinajstić information content (AvgIpc) is 3.54. The Labute approximate surface area is 241 Å². The third-order valence-corrected chi connectivity index (χ3v) is 10.2. The summed E-state index contributed by atoms with van der Waals surface area (Å²) in [6.07, 6.45) is 0.928. The second-order valence-corrected chi connectivity index (χ2v) is 12.9. The first-order valence-electron chi connectivity index (χ1n) is 13.7. The molecule has 0 amide bonds. The smallest absolute Gasteiger partial charge is 0.0361 e. The van der Waals surface area contributed by atoms with Crippen molar-refractivity contribution in [2.45, 2.75) is 13.3 Å². The van der Waals surface area contributed by atoms with Gasteiger partial charge in [0.1, 0.15) is 0 Å². The van der Waals surface area contributed by atoms with E-state index in [-0.39, 0.29) is 0 Å². The van der Waals surface area contributed by atoms with Crippen molar-refractivity contribution in [2.75, 3.05) is 0 Å². The highest BCUT2D eigenvalue weighted by atomic mass is 32.1. The first kappa shape index (κ1) is 23.6. The second kappa shape index (κ2) is 9.45. The second-order valence-electron chi connectivity index (χ2n) is 10.7. The summed E-state index contributed by atoms with van der Waals surface area (Å²) < 4.78 is 5.42. The largest absolute Gasteiger partial charge is 0.135 e. The predicted molar refractivity (Wildman–Crippen MR) is 177 cm³/mol. The van der Waals surface area contributed by atoms with Crippen LogP contribution < -0.4 is 0 Å². The molecule has 0 aliphatic rings. The number of benzene rings is 6. The molecule has 8 rings (SSSR count). The molecule has 0 atom stereocenters. The molecule has 0 aliphatic heterocycles.